The van der Waals surface area contributed by atoms with Gasteiger partial charge in [-0.25, -0.2) is 0 Å². The van der Waals surface area contributed by atoms with E-state index >= 15 is 0 Å². The van der Waals surface area contributed by atoms with E-state index in [1.807, 2.05) is 0 Å². The standard InChI is InChI=1S/C5H5.3C3H7.5CH3.Hf/c1-2-4-5-3-1;3*1-3-2;;;;;;/h1-3H,4H2;3*1,3H2,2H3;5*1H3;. The van der Waals surface area contributed by atoms with Gasteiger partial charge in [-0.1, -0.05) is 0 Å². The Bertz CT molecular complexity index is 524. The molecule has 0 unspecified atom stereocenters. The Morgan fingerprint density at radius 2 is 1.20 bits per heavy atom. The van der Waals surface area contributed by atoms with Gasteiger partial charge in [0.2, 0.25) is 0 Å². The average Bonchev–Trinajstić information content (AvgIpc) is 2.70. The van der Waals surface area contributed by atoms with Crippen LogP contribution in [-0.2, 0) is 12.6 Å². The molecule has 1 rings (SSSR count). The minimum absolute atomic E-state index is 1.17. The molecule has 1 aliphatic rings. The van der Waals surface area contributed by atoms with Crippen LogP contribution in [0.5, 0.6) is 0 Å². The van der Waals surface area contributed by atoms with E-state index in [0.29, 0.717) is 0 Å². The Balaban J connectivity index is 4.11. The molecule has 0 aromatic carbocycles. The van der Waals surface area contributed by atoms with Gasteiger partial charge in [0.25, 0.3) is 0 Å². The predicted octanol–water partition coefficient (Wildman–Crippen LogP) is 8.39. The summed E-state index contributed by atoms with van der Waals surface area (Å²) in [7, 11) is 0. The van der Waals surface area contributed by atoms with Crippen molar-refractivity contribution in [1.29, 1.82) is 0 Å². The summed E-state index contributed by atoms with van der Waals surface area (Å²) in [6, 6.07) is 0. The van der Waals surface area contributed by atoms with Crippen molar-refractivity contribution >= 4 is 0 Å². The SMILES string of the molecule is CC[CH2][Hf]([CH3])([CH3])([CH3])([CH3])([CH3])([CH2]CC)([CH2]CC)[C]1=CC=CC1. The van der Waals surface area contributed by atoms with E-state index in [0.717, 1.165) is 0 Å². The van der Waals surface area contributed by atoms with Crippen LogP contribution in [0, 0.1) is 0 Å². The summed E-state index contributed by atoms with van der Waals surface area (Å²) < 4.78 is 19.8. The summed E-state index contributed by atoms with van der Waals surface area (Å²) in [6.45, 7) is 7.17. The fourth-order valence-corrected chi connectivity index (χ4v) is 61.5. The Hall–Kier alpha value is 0.350. The minimum atomic E-state index is -4.89. The van der Waals surface area contributed by atoms with Crippen LogP contribution in [0.15, 0.2) is 21.6 Å². The Kier molecular flexibility index (Phi) is 2.46. The molecule has 0 amide bonds. The summed E-state index contributed by atoms with van der Waals surface area (Å²) in [5.41, 5.74) is 0. The summed E-state index contributed by atoms with van der Waals surface area (Å²) in [4.78, 5) is 0. The van der Waals surface area contributed by atoms with E-state index in [1.54, 1.807) is 3.33 Å². The van der Waals surface area contributed by atoms with Crippen molar-refractivity contribution in [3.63, 3.8) is 0 Å². The fraction of sp³-hybridized carbons (Fsp3) is 0.789. The molecule has 0 saturated heterocycles. The molecular formula is C19H41Hf. The zero-order chi connectivity index (χ0) is 16.0. The zero-order valence-electron chi connectivity index (χ0n) is 15.7. The van der Waals surface area contributed by atoms with E-state index in [9.17, 15) is 0 Å². The molecule has 20 heavy (non-hydrogen) atoms. The maximum absolute atomic E-state index is 4.89. The first-order chi connectivity index (χ1) is 8.50. The summed E-state index contributed by atoms with van der Waals surface area (Å²) in [6.07, 6.45) is 12.2. The first-order valence-electron chi connectivity index (χ1n) is 9.15. The molecule has 1 heteroatoms. The van der Waals surface area contributed by atoms with E-state index in [-0.39, 0.29) is 0 Å². The normalized spacial score (nSPS) is 26.4. The van der Waals surface area contributed by atoms with Gasteiger partial charge in [0.1, 0.15) is 0 Å². The molecule has 0 spiro atoms. The molecule has 121 valence electrons. The van der Waals surface area contributed by atoms with E-state index in [4.69, 9.17) is 0 Å². The van der Waals surface area contributed by atoms with Crippen LogP contribution in [0.2, 0.25) is 35.9 Å². The molecule has 0 bridgehead atoms. The third-order valence-electron chi connectivity index (χ3n) is 8.99. The predicted molar refractivity (Wildman–Crippen MR) is 96.5 cm³/mol. The number of hydrogen-bond donors (Lipinski definition) is 0. The second-order valence-corrected chi connectivity index (χ2v) is 116. The first kappa shape index (κ1) is 18.4. The molecular weight excluding hydrogens is 407 g/mol. The second-order valence-electron chi connectivity index (χ2n) is 16.4. The van der Waals surface area contributed by atoms with Gasteiger partial charge in [-0.05, 0) is 0 Å². The molecule has 0 aromatic heterocycles. The van der Waals surface area contributed by atoms with Crippen molar-refractivity contribution < 1.29 is 12.6 Å². The molecule has 0 aromatic rings. The van der Waals surface area contributed by atoms with Crippen LogP contribution in [0.1, 0.15) is 46.5 Å². The topological polar surface area (TPSA) is 0 Å². The number of allylic oxidation sites excluding steroid dienone is 4. The first-order valence-corrected chi connectivity index (χ1v) is 36.5. The van der Waals surface area contributed by atoms with Gasteiger partial charge in [0.05, 0.1) is 0 Å². The van der Waals surface area contributed by atoms with E-state index in [1.165, 1.54) is 38.2 Å². The van der Waals surface area contributed by atoms with Crippen LogP contribution in [0.3, 0.4) is 0 Å². The molecule has 0 saturated carbocycles. The molecule has 0 heterocycles. The Labute approximate surface area is 116 Å². The van der Waals surface area contributed by atoms with Gasteiger partial charge in [0.15, 0.2) is 0 Å². The number of rotatable bonds is 7. The third kappa shape index (κ3) is 2.18. The van der Waals surface area contributed by atoms with Crippen molar-refractivity contribution in [2.75, 3.05) is 0 Å². The molecule has 0 nitrogen and oxygen atoms in total. The molecule has 0 aliphatic heterocycles. The van der Waals surface area contributed by atoms with Crippen LogP contribution in [-0.4, -0.2) is 0 Å². The summed E-state index contributed by atoms with van der Waals surface area (Å²) in [5, 5.41) is 0. The van der Waals surface area contributed by atoms with Crippen molar-refractivity contribution in [2.24, 2.45) is 0 Å². The molecule has 0 radical (unpaired) electrons. The Morgan fingerprint density at radius 1 is 0.800 bits per heavy atom. The molecule has 1 aliphatic carbocycles. The van der Waals surface area contributed by atoms with E-state index < -0.39 is 12.6 Å². The van der Waals surface area contributed by atoms with Crippen molar-refractivity contribution in [2.45, 2.75) is 82.4 Å². The Morgan fingerprint density at radius 3 is 1.45 bits per heavy atom. The van der Waals surface area contributed by atoms with Gasteiger partial charge in [0, 0.05) is 0 Å². The van der Waals surface area contributed by atoms with Gasteiger partial charge >= 0.3 is 117 Å². The van der Waals surface area contributed by atoms with Gasteiger partial charge in [-0.2, -0.15) is 0 Å². The monoisotopic (exact) mass is 449 g/mol. The maximum atomic E-state index is 2.79. The molecule has 0 fully saturated rings. The van der Waals surface area contributed by atoms with Crippen molar-refractivity contribution in [3.8, 4) is 0 Å². The second kappa shape index (κ2) is 2.68. The number of hydrogen-bond acceptors (Lipinski definition) is 0. The average molecular weight is 448 g/mol. The molecule has 0 atom stereocenters. The third-order valence-corrected chi connectivity index (χ3v) is 69.4. The van der Waals surface area contributed by atoms with Crippen LogP contribution in [0.25, 0.3) is 0 Å². The van der Waals surface area contributed by atoms with Crippen molar-refractivity contribution in [3.05, 3.63) is 21.6 Å². The molecule has 0 N–H and O–H groups in total. The summed E-state index contributed by atoms with van der Waals surface area (Å²) in [5.74, 6) is 0. The summed E-state index contributed by atoms with van der Waals surface area (Å²) >= 11 is -4.89. The van der Waals surface area contributed by atoms with Crippen LogP contribution >= 0.6 is 0 Å². The van der Waals surface area contributed by atoms with Crippen molar-refractivity contribution in [1.82, 2.24) is 0 Å². The van der Waals surface area contributed by atoms with Gasteiger partial charge in [-0.3, -0.25) is 0 Å². The fourth-order valence-electron chi connectivity index (χ4n) is 7.81. The van der Waals surface area contributed by atoms with Gasteiger partial charge < -0.3 is 0 Å². The zero-order valence-corrected chi connectivity index (χ0v) is 19.3. The quantitative estimate of drug-likeness (QED) is 0.344. The van der Waals surface area contributed by atoms with Crippen LogP contribution < -0.4 is 0 Å². The van der Waals surface area contributed by atoms with Crippen LogP contribution in [0.4, 0.5) is 0 Å². The van der Waals surface area contributed by atoms with Gasteiger partial charge in [-0.15, -0.1) is 0 Å². The van der Waals surface area contributed by atoms with E-state index in [2.05, 4.69) is 62.4 Å².